The van der Waals surface area contributed by atoms with Crippen molar-refractivity contribution in [3.8, 4) is 0 Å². The van der Waals surface area contributed by atoms with E-state index in [4.69, 9.17) is 9.26 Å². The second-order valence-electron chi connectivity index (χ2n) is 4.81. The van der Waals surface area contributed by atoms with Crippen molar-refractivity contribution in [1.82, 2.24) is 10.1 Å². The highest BCUT2D eigenvalue weighted by atomic mass is 16.5. The van der Waals surface area contributed by atoms with Crippen LogP contribution in [-0.2, 0) is 16.1 Å². The van der Waals surface area contributed by atoms with Crippen molar-refractivity contribution in [1.29, 1.82) is 0 Å². The third-order valence-electron chi connectivity index (χ3n) is 3.36. The normalized spacial score (nSPS) is 19.6. The summed E-state index contributed by atoms with van der Waals surface area (Å²) in [6.07, 6.45) is 3.03. The lowest BCUT2D eigenvalue weighted by Crippen LogP contribution is -2.44. The van der Waals surface area contributed by atoms with Crippen LogP contribution in [0.2, 0.25) is 0 Å². The lowest BCUT2D eigenvalue weighted by atomic mass is 10.1. The Balaban J connectivity index is 2.17. The summed E-state index contributed by atoms with van der Waals surface area (Å²) in [6.45, 7) is 0.658. The monoisotopic (exact) mass is 282 g/mol. The SMILES string of the molecule is COCc1cc(C(=O)N2CCCCCC2C(=O)O)no1. The number of carboxylic acids is 1. The Morgan fingerprint density at radius 2 is 2.30 bits per heavy atom. The maximum absolute atomic E-state index is 12.4. The van der Waals surface area contributed by atoms with Gasteiger partial charge in [-0.05, 0) is 12.8 Å². The summed E-state index contributed by atoms with van der Waals surface area (Å²) in [5.41, 5.74) is 0.130. The molecule has 1 aliphatic rings. The number of ether oxygens (including phenoxy) is 1. The molecule has 0 radical (unpaired) electrons. The smallest absolute Gasteiger partial charge is 0.326 e. The molecule has 1 atom stereocenters. The molecule has 0 aliphatic carbocycles. The quantitative estimate of drug-likeness (QED) is 0.894. The van der Waals surface area contributed by atoms with Gasteiger partial charge < -0.3 is 19.3 Å². The van der Waals surface area contributed by atoms with Gasteiger partial charge in [0.15, 0.2) is 11.5 Å². The van der Waals surface area contributed by atoms with E-state index in [9.17, 15) is 14.7 Å². The number of carbonyl (C=O) groups is 2. The molecule has 1 N–H and O–H groups in total. The fraction of sp³-hybridized carbons (Fsp3) is 0.615. The fourth-order valence-corrected chi connectivity index (χ4v) is 2.38. The summed E-state index contributed by atoms with van der Waals surface area (Å²) < 4.78 is 9.87. The van der Waals surface area contributed by atoms with Gasteiger partial charge in [-0.25, -0.2) is 4.79 Å². The molecule has 1 aliphatic heterocycles. The Kier molecular flexibility index (Phi) is 4.73. The topological polar surface area (TPSA) is 92.9 Å². The molecule has 2 rings (SSSR count). The van der Waals surface area contributed by atoms with Crippen LogP contribution in [0.15, 0.2) is 10.6 Å². The molecule has 0 bridgehead atoms. The van der Waals surface area contributed by atoms with E-state index in [0.29, 0.717) is 18.7 Å². The Bertz CT molecular complexity index is 485. The van der Waals surface area contributed by atoms with Crippen molar-refractivity contribution < 1.29 is 24.0 Å². The summed E-state index contributed by atoms with van der Waals surface area (Å²) in [7, 11) is 1.51. The average molecular weight is 282 g/mol. The van der Waals surface area contributed by atoms with E-state index in [0.717, 1.165) is 19.3 Å². The number of amides is 1. The zero-order valence-electron chi connectivity index (χ0n) is 11.4. The van der Waals surface area contributed by atoms with Crippen molar-refractivity contribution >= 4 is 11.9 Å². The molecule has 7 nitrogen and oxygen atoms in total. The number of hydrogen-bond donors (Lipinski definition) is 1. The van der Waals surface area contributed by atoms with E-state index in [-0.39, 0.29) is 12.3 Å². The molecule has 1 amide bonds. The predicted octanol–water partition coefficient (Wildman–Crippen LogP) is 1.29. The molecule has 1 aromatic rings. The first-order valence-corrected chi connectivity index (χ1v) is 6.61. The van der Waals surface area contributed by atoms with E-state index < -0.39 is 17.9 Å². The molecule has 1 fully saturated rings. The standard InChI is InChI=1S/C13H18N2O5/c1-19-8-9-7-10(14-20-9)12(16)15-6-4-2-3-5-11(15)13(17)18/h7,11H,2-6,8H2,1H3,(H,17,18). The second kappa shape index (κ2) is 6.51. The van der Waals surface area contributed by atoms with Gasteiger partial charge in [0.25, 0.3) is 5.91 Å². The highest BCUT2D eigenvalue weighted by Crippen LogP contribution is 2.19. The largest absolute Gasteiger partial charge is 0.480 e. The molecule has 0 spiro atoms. The molecule has 2 heterocycles. The summed E-state index contributed by atoms with van der Waals surface area (Å²) in [5, 5.41) is 13.0. The Morgan fingerprint density at radius 3 is 3.00 bits per heavy atom. The summed E-state index contributed by atoms with van der Waals surface area (Å²) >= 11 is 0. The number of carbonyl (C=O) groups excluding carboxylic acids is 1. The van der Waals surface area contributed by atoms with Crippen molar-refractivity contribution in [2.75, 3.05) is 13.7 Å². The van der Waals surface area contributed by atoms with Crippen LogP contribution in [0.3, 0.4) is 0 Å². The van der Waals surface area contributed by atoms with Crippen molar-refractivity contribution in [3.05, 3.63) is 17.5 Å². The third-order valence-corrected chi connectivity index (χ3v) is 3.36. The molecule has 1 unspecified atom stereocenters. The zero-order chi connectivity index (χ0) is 14.5. The van der Waals surface area contributed by atoms with Crippen LogP contribution in [0.4, 0.5) is 0 Å². The van der Waals surface area contributed by atoms with E-state index >= 15 is 0 Å². The summed E-state index contributed by atoms with van der Waals surface area (Å²) in [6, 6.07) is 0.711. The van der Waals surface area contributed by atoms with Gasteiger partial charge in [-0.3, -0.25) is 4.79 Å². The number of hydrogen-bond acceptors (Lipinski definition) is 5. The van der Waals surface area contributed by atoms with Gasteiger partial charge >= 0.3 is 5.97 Å². The zero-order valence-corrected chi connectivity index (χ0v) is 11.4. The number of likely N-dealkylation sites (tertiary alicyclic amines) is 1. The van der Waals surface area contributed by atoms with Crippen LogP contribution in [0.25, 0.3) is 0 Å². The molecule has 7 heteroatoms. The number of nitrogens with zero attached hydrogens (tertiary/aromatic N) is 2. The highest BCUT2D eigenvalue weighted by molar-refractivity contribution is 5.95. The van der Waals surface area contributed by atoms with Gasteiger partial charge in [0.1, 0.15) is 12.6 Å². The molecule has 1 saturated heterocycles. The third kappa shape index (κ3) is 3.16. The van der Waals surface area contributed by atoms with Crippen molar-refractivity contribution in [2.24, 2.45) is 0 Å². The lowest BCUT2D eigenvalue weighted by molar-refractivity contribution is -0.142. The van der Waals surface area contributed by atoms with Gasteiger partial charge in [-0.15, -0.1) is 0 Å². The number of aliphatic carboxylic acids is 1. The molecule has 0 saturated carbocycles. The molecule has 0 aromatic carbocycles. The Morgan fingerprint density at radius 1 is 1.50 bits per heavy atom. The minimum Gasteiger partial charge on any atom is -0.480 e. The first-order valence-electron chi connectivity index (χ1n) is 6.61. The van der Waals surface area contributed by atoms with E-state index in [1.165, 1.54) is 18.1 Å². The van der Waals surface area contributed by atoms with E-state index in [2.05, 4.69) is 5.16 Å². The molecule has 20 heavy (non-hydrogen) atoms. The van der Waals surface area contributed by atoms with Crippen LogP contribution in [0.5, 0.6) is 0 Å². The summed E-state index contributed by atoms with van der Waals surface area (Å²) in [5.74, 6) is -0.927. The molecular weight excluding hydrogens is 264 g/mol. The van der Waals surface area contributed by atoms with Crippen LogP contribution in [-0.4, -0.2) is 46.7 Å². The number of aromatic nitrogens is 1. The molecular formula is C13H18N2O5. The maximum Gasteiger partial charge on any atom is 0.326 e. The lowest BCUT2D eigenvalue weighted by Gasteiger charge is -2.25. The Labute approximate surface area is 116 Å². The minimum atomic E-state index is -0.971. The van der Waals surface area contributed by atoms with Gasteiger partial charge in [-0.1, -0.05) is 18.0 Å². The van der Waals surface area contributed by atoms with Crippen LogP contribution < -0.4 is 0 Å². The number of rotatable bonds is 4. The van der Waals surface area contributed by atoms with Crippen LogP contribution in [0, 0.1) is 0 Å². The number of carboxylic acid groups (broad SMARTS) is 1. The first-order chi connectivity index (χ1) is 9.63. The average Bonchev–Trinajstić information content (AvgIpc) is 2.74. The maximum atomic E-state index is 12.4. The molecule has 1 aromatic heterocycles. The predicted molar refractivity (Wildman–Crippen MR) is 68.1 cm³/mol. The van der Waals surface area contributed by atoms with Gasteiger partial charge in [0.05, 0.1) is 0 Å². The van der Waals surface area contributed by atoms with Gasteiger partial charge in [-0.2, -0.15) is 0 Å². The van der Waals surface area contributed by atoms with Crippen LogP contribution in [0.1, 0.15) is 41.9 Å². The van der Waals surface area contributed by atoms with Gasteiger partial charge in [0, 0.05) is 19.7 Å². The van der Waals surface area contributed by atoms with E-state index in [1.807, 2.05) is 0 Å². The highest BCUT2D eigenvalue weighted by Gasteiger charge is 2.32. The van der Waals surface area contributed by atoms with Crippen molar-refractivity contribution in [2.45, 2.75) is 38.3 Å². The minimum absolute atomic E-state index is 0.130. The summed E-state index contributed by atoms with van der Waals surface area (Å²) in [4.78, 5) is 25.1. The van der Waals surface area contributed by atoms with E-state index in [1.54, 1.807) is 0 Å². The van der Waals surface area contributed by atoms with Crippen molar-refractivity contribution in [3.63, 3.8) is 0 Å². The van der Waals surface area contributed by atoms with Gasteiger partial charge in [0.2, 0.25) is 0 Å². The fourth-order valence-electron chi connectivity index (χ4n) is 2.38. The number of methoxy groups -OCH3 is 1. The first kappa shape index (κ1) is 14.5. The molecule has 110 valence electrons. The van der Waals surface area contributed by atoms with Crippen LogP contribution >= 0.6 is 0 Å². The second-order valence-corrected chi connectivity index (χ2v) is 4.81. The Hall–Kier alpha value is -1.89.